The normalized spacial score (nSPS) is 16.8. The Hall–Kier alpha value is -2.82. The van der Waals surface area contributed by atoms with E-state index >= 15 is 0 Å². The Morgan fingerprint density at radius 3 is 2.46 bits per heavy atom. The number of aryl methyl sites for hydroxylation is 1. The first-order valence-corrected chi connectivity index (χ1v) is 9.82. The number of carbonyl (C=O) groups is 2. The van der Waals surface area contributed by atoms with Crippen molar-refractivity contribution in [2.45, 2.75) is 45.2 Å². The van der Waals surface area contributed by atoms with Crippen LogP contribution in [0.2, 0.25) is 0 Å². The van der Waals surface area contributed by atoms with Crippen LogP contribution in [-0.2, 0) is 11.2 Å². The summed E-state index contributed by atoms with van der Waals surface area (Å²) in [5.74, 6) is 0.255. The van der Waals surface area contributed by atoms with Crippen molar-refractivity contribution in [2.24, 2.45) is 5.92 Å². The zero-order valence-electron chi connectivity index (χ0n) is 16.7. The predicted molar refractivity (Wildman–Crippen MR) is 109 cm³/mol. The van der Waals surface area contributed by atoms with Gasteiger partial charge in [0.15, 0.2) is 0 Å². The molecule has 0 heterocycles. The van der Waals surface area contributed by atoms with E-state index in [0.29, 0.717) is 11.3 Å². The molecule has 0 saturated heterocycles. The average molecular weight is 380 g/mol. The lowest BCUT2D eigenvalue weighted by Gasteiger charge is -2.29. The molecule has 0 aromatic heterocycles. The molecule has 0 spiro atoms. The van der Waals surface area contributed by atoms with Crippen molar-refractivity contribution in [1.29, 1.82) is 0 Å². The van der Waals surface area contributed by atoms with E-state index < -0.39 is 6.04 Å². The van der Waals surface area contributed by atoms with Gasteiger partial charge in [-0.05, 0) is 60.6 Å². The van der Waals surface area contributed by atoms with Crippen LogP contribution in [0.25, 0.3) is 0 Å². The van der Waals surface area contributed by atoms with Crippen LogP contribution < -0.4 is 15.4 Å². The summed E-state index contributed by atoms with van der Waals surface area (Å²) in [6, 6.07) is 14.5. The van der Waals surface area contributed by atoms with Crippen LogP contribution in [0.3, 0.4) is 0 Å². The van der Waals surface area contributed by atoms with Crippen LogP contribution in [0.1, 0.15) is 54.2 Å². The van der Waals surface area contributed by atoms with Gasteiger partial charge in [0.1, 0.15) is 11.8 Å². The maximum atomic E-state index is 13.0. The first-order valence-electron chi connectivity index (χ1n) is 9.82. The molecule has 2 aromatic carbocycles. The molecule has 2 amide bonds. The lowest BCUT2D eigenvalue weighted by Crippen LogP contribution is -2.50. The summed E-state index contributed by atoms with van der Waals surface area (Å²) in [7, 11) is 1.58. The number of methoxy groups -OCH3 is 1. The van der Waals surface area contributed by atoms with Gasteiger partial charge in [-0.2, -0.15) is 0 Å². The lowest BCUT2D eigenvalue weighted by atomic mass is 9.87. The minimum Gasteiger partial charge on any atom is -0.497 e. The van der Waals surface area contributed by atoms with E-state index in [0.717, 1.165) is 19.3 Å². The highest BCUT2D eigenvalue weighted by Gasteiger charge is 2.28. The average Bonchev–Trinajstić information content (AvgIpc) is 2.71. The van der Waals surface area contributed by atoms with Crippen molar-refractivity contribution in [3.05, 3.63) is 65.2 Å². The van der Waals surface area contributed by atoms with E-state index in [1.807, 2.05) is 26.0 Å². The topological polar surface area (TPSA) is 67.4 Å². The number of nitrogens with one attached hydrogen (secondary N) is 2. The molecule has 2 N–H and O–H groups in total. The first-order chi connectivity index (χ1) is 13.5. The molecule has 0 saturated carbocycles. The molecule has 3 rings (SSSR count). The molecule has 0 radical (unpaired) electrons. The zero-order chi connectivity index (χ0) is 20.1. The maximum absolute atomic E-state index is 13.0. The third kappa shape index (κ3) is 4.53. The minimum absolute atomic E-state index is 0.00316. The first kappa shape index (κ1) is 19.9. The highest BCUT2D eigenvalue weighted by atomic mass is 16.5. The molecule has 0 fully saturated rings. The molecule has 148 valence electrons. The Morgan fingerprint density at radius 1 is 1.07 bits per heavy atom. The van der Waals surface area contributed by atoms with Gasteiger partial charge in [0.2, 0.25) is 5.91 Å². The van der Waals surface area contributed by atoms with Crippen molar-refractivity contribution >= 4 is 11.8 Å². The van der Waals surface area contributed by atoms with Gasteiger partial charge in [-0.25, -0.2) is 0 Å². The molecule has 2 atom stereocenters. The van der Waals surface area contributed by atoms with Crippen molar-refractivity contribution in [3.63, 3.8) is 0 Å². The van der Waals surface area contributed by atoms with E-state index in [1.54, 1.807) is 31.4 Å². The molecule has 5 heteroatoms. The van der Waals surface area contributed by atoms with Crippen LogP contribution >= 0.6 is 0 Å². The largest absolute Gasteiger partial charge is 0.497 e. The monoisotopic (exact) mass is 380 g/mol. The number of amides is 2. The maximum Gasteiger partial charge on any atom is 0.251 e. The van der Waals surface area contributed by atoms with E-state index in [-0.39, 0.29) is 23.8 Å². The number of carbonyl (C=O) groups excluding carboxylic acids is 2. The number of benzene rings is 2. The van der Waals surface area contributed by atoms with Gasteiger partial charge in [-0.15, -0.1) is 0 Å². The van der Waals surface area contributed by atoms with E-state index in [1.165, 1.54) is 11.1 Å². The Morgan fingerprint density at radius 2 is 1.79 bits per heavy atom. The summed E-state index contributed by atoms with van der Waals surface area (Å²) in [5.41, 5.74) is 2.98. The SMILES string of the molecule is COc1ccc(C(=O)NC(C(=O)NC2CCCc3ccccc32)C(C)C)cc1. The fourth-order valence-corrected chi connectivity index (χ4v) is 3.67. The molecule has 1 aliphatic rings. The molecule has 2 unspecified atom stereocenters. The summed E-state index contributed by atoms with van der Waals surface area (Å²) in [6.45, 7) is 3.88. The van der Waals surface area contributed by atoms with E-state index in [4.69, 9.17) is 4.74 Å². The van der Waals surface area contributed by atoms with Gasteiger partial charge >= 0.3 is 0 Å². The van der Waals surface area contributed by atoms with Crippen LogP contribution in [0.4, 0.5) is 0 Å². The molecule has 1 aliphatic carbocycles. The second-order valence-electron chi connectivity index (χ2n) is 7.58. The van der Waals surface area contributed by atoms with Gasteiger partial charge in [-0.3, -0.25) is 9.59 Å². The van der Waals surface area contributed by atoms with E-state index in [2.05, 4.69) is 22.8 Å². The van der Waals surface area contributed by atoms with Gasteiger partial charge in [-0.1, -0.05) is 38.1 Å². The lowest BCUT2D eigenvalue weighted by molar-refractivity contribution is -0.124. The van der Waals surface area contributed by atoms with Gasteiger partial charge in [0, 0.05) is 5.56 Å². The zero-order valence-corrected chi connectivity index (χ0v) is 16.7. The number of ether oxygens (including phenoxy) is 1. The standard InChI is InChI=1S/C23H28N2O3/c1-15(2)21(25-22(26)17-11-13-18(28-3)14-12-17)23(27)24-20-10-6-8-16-7-4-5-9-19(16)20/h4-5,7,9,11-15,20-21H,6,8,10H2,1-3H3,(H,24,27)(H,25,26). The Bertz CT molecular complexity index is 830. The Kier molecular flexibility index (Phi) is 6.34. The number of hydrogen-bond acceptors (Lipinski definition) is 3. The number of hydrogen-bond donors (Lipinski definition) is 2. The van der Waals surface area contributed by atoms with Crippen LogP contribution in [0.15, 0.2) is 48.5 Å². The Balaban J connectivity index is 1.70. The van der Waals surface area contributed by atoms with Crippen LogP contribution in [0.5, 0.6) is 5.75 Å². The fraction of sp³-hybridized carbons (Fsp3) is 0.391. The number of fused-ring (bicyclic) bond motifs is 1. The third-order valence-electron chi connectivity index (χ3n) is 5.27. The molecular weight excluding hydrogens is 352 g/mol. The van der Waals surface area contributed by atoms with E-state index in [9.17, 15) is 9.59 Å². The summed E-state index contributed by atoms with van der Waals surface area (Å²) in [5, 5.41) is 6.05. The quantitative estimate of drug-likeness (QED) is 0.804. The smallest absolute Gasteiger partial charge is 0.251 e. The summed E-state index contributed by atoms with van der Waals surface area (Å²) in [6.07, 6.45) is 3.01. The van der Waals surface area contributed by atoms with Crippen LogP contribution in [0, 0.1) is 5.92 Å². The summed E-state index contributed by atoms with van der Waals surface area (Å²) >= 11 is 0. The molecule has 5 nitrogen and oxygen atoms in total. The molecule has 2 aromatic rings. The molecule has 0 bridgehead atoms. The highest BCUT2D eigenvalue weighted by molar-refractivity contribution is 5.97. The molecule has 0 aliphatic heterocycles. The summed E-state index contributed by atoms with van der Waals surface area (Å²) in [4.78, 5) is 25.6. The third-order valence-corrected chi connectivity index (χ3v) is 5.27. The minimum atomic E-state index is -0.594. The highest BCUT2D eigenvalue weighted by Crippen LogP contribution is 2.29. The van der Waals surface area contributed by atoms with Gasteiger partial charge in [0.05, 0.1) is 13.2 Å². The van der Waals surface area contributed by atoms with Crippen molar-refractivity contribution in [1.82, 2.24) is 10.6 Å². The second kappa shape index (κ2) is 8.91. The van der Waals surface area contributed by atoms with Crippen LogP contribution in [-0.4, -0.2) is 25.0 Å². The van der Waals surface area contributed by atoms with Crippen molar-refractivity contribution in [2.75, 3.05) is 7.11 Å². The van der Waals surface area contributed by atoms with Crippen molar-refractivity contribution in [3.8, 4) is 5.75 Å². The van der Waals surface area contributed by atoms with Gasteiger partial charge in [0.25, 0.3) is 5.91 Å². The predicted octanol–water partition coefficient (Wildman–Crippen LogP) is 3.64. The number of rotatable bonds is 6. The second-order valence-corrected chi connectivity index (χ2v) is 7.58. The molecular formula is C23H28N2O3. The van der Waals surface area contributed by atoms with Gasteiger partial charge < -0.3 is 15.4 Å². The van der Waals surface area contributed by atoms with Crippen molar-refractivity contribution < 1.29 is 14.3 Å². The summed E-state index contributed by atoms with van der Waals surface area (Å²) < 4.78 is 5.12. The Labute approximate surface area is 166 Å². The fourth-order valence-electron chi connectivity index (χ4n) is 3.67. The molecule has 28 heavy (non-hydrogen) atoms.